The fourth-order valence-electron chi connectivity index (χ4n) is 6.31. The minimum Gasteiger partial charge on any atom is -0.598 e. The van der Waals surface area contributed by atoms with Crippen LogP contribution < -0.4 is 19.5 Å². The quantitative estimate of drug-likeness (QED) is 0.111. The second-order valence-electron chi connectivity index (χ2n) is 14.1. The van der Waals surface area contributed by atoms with Gasteiger partial charge in [-0.3, -0.25) is 4.79 Å². The summed E-state index contributed by atoms with van der Waals surface area (Å²) in [6, 6.07) is 9.81. The Morgan fingerprint density at radius 1 is 1.02 bits per heavy atom. The van der Waals surface area contributed by atoms with Gasteiger partial charge in [0.25, 0.3) is 5.91 Å². The van der Waals surface area contributed by atoms with Crippen molar-refractivity contribution < 1.29 is 40.8 Å². The largest absolute Gasteiger partial charge is 0.598 e. The molecule has 1 amide bonds. The summed E-state index contributed by atoms with van der Waals surface area (Å²) in [6.07, 6.45) is -3.59. The molecular weight excluding hydrogens is 734 g/mol. The van der Waals surface area contributed by atoms with Gasteiger partial charge >= 0.3 is 6.18 Å². The molecule has 2 aromatic heterocycles. The summed E-state index contributed by atoms with van der Waals surface area (Å²) >= 11 is -2.00. The van der Waals surface area contributed by atoms with Crippen LogP contribution in [-0.4, -0.2) is 72.7 Å². The van der Waals surface area contributed by atoms with Gasteiger partial charge in [0, 0.05) is 59.7 Å². The second-order valence-corrected chi connectivity index (χ2v) is 16.1. The van der Waals surface area contributed by atoms with E-state index in [-0.39, 0.29) is 52.8 Å². The number of alkyl halides is 3. The summed E-state index contributed by atoms with van der Waals surface area (Å²) in [7, 11) is 3.06. The third-order valence-corrected chi connectivity index (χ3v) is 10.9. The van der Waals surface area contributed by atoms with Crippen molar-refractivity contribution in [2.45, 2.75) is 76.0 Å². The normalized spacial score (nSPS) is 17.8. The third-order valence-electron chi connectivity index (χ3n) is 9.35. The molecule has 0 unspecified atom stereocenters. The lowest BCUT2D eigenvalue weighted by Gasteiger charge is -2.37. The Hall–Kier alpha value is -4.74. The van der Waals surface area contributed by atoms with Crippen molar-refractivity contribution >= 4 is 39.8 Å². The molecule has 4 atom stereocenters. The number of anilines is 1. The Morgan fingerprint density at radius 2 is 1.74 bits per heavy atom. The Morgan fingerprint density at radius 3 is 2.39 bits per heavy atom. The Balaban J connectivity index is 1.28. The van der Waals surface area contributed by atoms with Gasteiger partial charge in [-0.2, -0.15) is 17.7 Å². The molecule has 1 fully saturated rings. The highest BCUT2D eigenvalue weighted by molar-refractivity contribution is 7.90. The monoisotopic (exact) mass is 773 g/mol. The Labute approximate surface area is 311 Å². The highest BCUT2D eigenvalue weighted by Gasteiger charge is 2.46. The smallest absolute Gasteiger partial charge is 0.412 e. The van der Waals surface area contributed by atoms with Crippen molar-refractivity contribution in [1.29, 1.82) is 0 Å². The zero-order valence-electron chi connectivity index (χ0n) is 30.4. The van der Waals surface area contributed by atoms with Crippen molar-refractivity contribution in [1.82, 2.24) is 29.2 Å². The summed E-state index contributed by atoms with van der Waals surface area (Å²) in [5.41, 5.74) is 0.774. The third kappa shape index (κ3) is 8.03. The first-order chi connectivity index (χ1) is 25.5. The van der Waals surface area contributed by atoms with Gasteiger partial charge in [-0.15, -0.1) is 9.82 Å². The molecule has 1 aliphatic rings. The van der Waals surface area contributed by atoms with Crippen LogP contribution in [-0.2, 0) is 17.9 Å². The number of carbonyl (C=O) groups is 1. The number of methoxy groups -OCH3 is 2. The van der Waals surface area contributed by atoms with Crippen LogP contribution in [0.5, 0.6) is 11.5 Å². The first-order valence-electron chi connectivity index (χ1n) is 17.1. The minimum atomic E-state index is -4.74. The van der Waals surface area contributed by atoms with Gasteiger partial charge in [0.15, 0.2) is 23.3 Å². The molecule has 1 aliphatic heterocycles. The molecule has 0 radical (unpaired) electrons. The van der Waals surface area contributed by atoms with E-state index in [1.54, 1.807) is 43.9 Å². The van der Waals surface area contributed by atoms with Crippen LogP contribution in [0.15, 0.2) is 54.6 Å². The predicted octanol–water partition coefficient (Wildman–Crippen LogP) is 7.25. The van der Waals surface area contributed by atoms with Gasteiger partial charge in [0.2, 0.25) is 5.95 Å². The topological polar surface area (TPSA) is 129 Å². The molecule has 3 aromatic carbocycles. The van der Waals surface area contributed by atoms with Gasteiger partial charge in [-0.25, -0.2) is 18.7 Å². The highest BCUT2D eigenvalue weighted by Crippen LogP contribution is 2.36. The van der Waals surface area contributed by atoms with Crippen molar-refractivity contribution in [3.63, 3.8) is 0 Å². The van der Waals surface area contributed by atoms with Gasteiger partial charge < -0.3 is 24.2 Å². The number of nitrogens with zero attached hydrogens (tertiary/aromatic N) is 5. The number of amides is 1. The maximum atomic E-state index is 15.1. The number of fused-ring (bicyclic) bond motifs is 3. The van der Waals surface area contributed by atoms with E-state index in [1.165, 1.54) is 43.0 Å². The number of ether oxygens (including phenoxy) is 2. The molecule has 0 bridgehead atoms. The van der Waals surface area contributed by atoms with Crippen LogP contribution in [0.4, 0.5) is 27.9 Å². The number of carbonyl (C=O) groups excluding carboxylic acids is 1. The van der Waals surface area contributed by atoms with Gasteiger partial charge in [0.05, 0.1) is 19.6 Å². The standard InChI is InChI=1S/C37H40F5N7O4S/c1-20-7-8-24(19-48(20)34(50)22-11-9-21(10-12-22)31(37(40,41)42)47-54(51)36(2,3)4)32-45-33-27-15-25(38)16-28(39)30(27)44-35(49(33)46-32)43-18-23-13-14-26(52-5)17-29(23)53-6/h9-17,20,24,31,47H,7-8,18-19H2,1-6H3,(H,43,44)/t20-,24+,31+,54-/m0/s1. The zero-order chi connectivity index (χ0) is 39.1. The molecule has 5 aromatic rings. The number of benzene rings is 3. The molecule has 2 N–H and O–H groups in total. The number of nitrogens with one attached hydrogen (secondary N) is 2. The summed E-state index contributed by atoms with van der Waals surface area (Å²) < 4.78 is 97.7. The fourth-order valence-corrected chi connectivity index (χ4v) is 7.14. The predicted molar refractivity (Wildman–Crippen MR) is 194 cm³/mol. The number of aromatic nitrogens is 4. The Bertz CT molecular complexity index is 2160. The fraction of sp³-hybridized carbons (Fsp3) is 0.405. The average molecular weight is 774 g/mol. The molecule has 3 heterocycles. The highest BCUT2D eigenvalue weighted by atomic mass is 32.2. The van der Waals surface area contributed by atoms with Crippen LogP contribution in [0.25, 0.3) is 16.6 Å². The van der Waals surface area contributed by atoms with Gasteiger partial charge in [-0.05, 0) is 76.4 Å². The summed E-state index contributed by atoms with van der Waals surface area (Å²) in [6.45, 7) is 6.94. The van der Waals surface area contributed by atoms with E-state index in [4.69, 9.17) is 19.6 Å². The number of likely N-dealkylation sites (tertiary alicyclic amines) is 1. The average Bonchev–Trinajstić information content (AvgIpc) is 3.58. The zero-order valence-corrected chi connectivity index (χ0v) is 31.2. The minimum absolute atomic E-state index is 0.106. The maximum absolute atomic E-state index is 15.1. The first-order valence-corrected chi connectivity index (χ1v) is 18.3. The summed E-state index contributed by atoms with van der Waals surface area (Å²) in [4.78, 5) is 24.6. The van der Waals surface area contributed by atoms with Crippen molar-refractivity contribution in [2.75, 3.05) is 26.1 Å². The van der Waals surface area contributed by atoms with Crippen molar-refractivity contribution in [3.05, 3.63) is 88.7 Å². The molecule has 0 aliphatic carbocycles. The van der Waals surface area contributed by atoms with Crippen LogP contribution in [0.2, 0.25) is 0 Å². The number of rotatable bonds is 10. The lowest BCUT2D eigenvalue weighted by atomic mass is 9.92. The molecular formula is C37H40F5N7O4S. The molecule has 288 valence electrons. The number of hydrogen-bond donors (Lipinski definition) is 2. The lowest BCUT2D eigenvalue weighted by Crippen LogP contribution is -2.46. The van der Waals surface area contributed by atoms with Crippen LogP contribution >= 0.6 is 0 Å². The molecule has 0 saturated carbocycles. The molecule has 17 heteroatoms. The van der Waals surface area contributed by atoms with Crippen LogP contribution in [0, 0.1) is 11.6 Å². The first kappa shape index (κ1) is 39.0. The summed E-state index contributed by atoms with van der Waals surface area (Å²) in [5, 5.41) is 8.00. The number of piperidine rings is 1. The van der Waals surface area contributed by atoms with E-state index < -0.39 is 51.8 Å². The summed E-state index contributed by atoms with van der Waals surface area (Å²) in [5.74, 6) is -0.892. The van der Waals surface area contributed by atoms with Crippen molar-refractivity contribution in [3.8, 4) is 11.5 Å². The van der Waals surface area contributed by atoms with E-state index in [0.717, 1.165) is 17.7 Å². The molecule has 54 heavy (non-hydrogen) atoms. The number of hydrogen-bond acceptors (Lipinski definition) is 9. The van der Waals surface area contributed by atoms with E-state index in [9.17, 15) is 26.9 Å². The van der Waals surface area contributed by atoms with E-state index in [2.05, 4.69) is 15.0 Å². The molecule has 11 nitrogen and oxygen atoms in total. The van der Waals surface area contributed by atoms with E-state index in [0.29, 0.717) is 30.2 Å². The van der Waals surface area contributed by atoms with Crippen molar-refractivity contribution in [2.24, 2.45) is 0 Å². The van der Waals surface area contributed by atoms with Gasteiger partial charge in [0.1, 0.15) is 27.6 Å². The van der Waals surface area contributed by atoms with Crippen LogP contribution in [0.3, 0.4) is 0 Å². The molecule has 6 rings (SSSR count). The van der Waals surface area contributed by atoms with E-state index in [1.807, 2.05) is 6.92 Å². The molecule has 1 saturated heterocycles. The van der Waals surface area contributed by atoms with Crippen LogP contribution in [0.1, 0.15) is 79.8 Å². The Kier molecular flexibility index (Phi) is 11.0. The maximum Gasteiger partial charge on any atom is 0.412 e. The SMILES string of the molecule is COc1ccc(CNc2nc3c(F)cc(F)cc3c3nc([C@@H]4CC[C@H](C)N(C(=O)c5ccc([C@@H](N[S@@+]([O-])C(C)(C)C)C(F)(F)F)cc5)C4)nn23)c(OC)c1. The second kappa shape index (κ2) is 15.2. The number of halogens is 5. The van der Waals surface area contributed by atoms with E-state index >= 15 is 4.39 Å². The molecule has 0 spiro atoms. The lowest BCUT2D eigenvalue weighted by molar-refractivity contribution is -0.153. The van der Waals surface area contributed by atoms with Gasteiger partial charge in [-0.1, -0.05) is 12.1 Å².